The minimum Gasteiger partial charge on any atom is -0.392 e. The normalized spacial score (nSPS) is 14.3. The Labute approximate surface area is 120 Å². The molecule has 0 amide bonds. The molecule has 1 aromatic rings. The molecule has 20 heavy (non-hydrogen) atoms. The van der Waals surface area contributed by atoms with E-state index in [1.165, 1.54) is 13.0 Å². The second-order valence-corrected chi connectivity index (χ2v) is 7.75. The Morgan fingerprint density at radius 3 is 2.35 bits per heavy atom. The third-order valence-corrected chi connectivity index (χ3v) is 5.13. The average Bonchev–Trinajstić information content (AvgIpc) is 2.30. The van der Waals surface area contributed by atoms with Gasteiger partial charge in [0.25, 0.3) is 0 Å². The highest BCUT2D eigenvalue weighted by molar-refractivity contribution is 7.89. The fourth-order valence-electron chi connectivity index (χ4n) is 1.55. The van der Waals surface area contributed by atoms with E-state index in [1.807, 2.05) is 20.8 Å². The van der Waals surface area contributed by atoms with Gasteiger partial charge in [0.1, 0.15) is 5.82 Å². The highest BCUT2D eigenvalue weighted by atomic mass is 32.2. The maximum atomic E-state index is 13.7. The molecule has 0 aromatic heterocycles. The first-order valence-electron chi connectivity index (χ1n) is 6.41. The van der Waals surface area contributed by atoms with Crippen molar-refractivity contribution in [1.82, 2.24) is 4.72 Å². The molecule has 0 saturated carbocycles. The Kier molecular flexibility index (Phi) is 4.94. The molecule has 6 heteroatoms. The van der Waals surface area contributed by atoms with E-state index in [2.05, 4.69) is 4.72 Å². The predicted octanol–water partition coefficient (Wildman–Crippen LogP) is 2.34. The lowest BCUT2D eigenvalue weighted by molar-refractivity contribution is 0.280. The summed E-state index contributed by atoms with van der Waals surface area (Å²) in [5.41, 5.74) is 0.0291. The van der Waals surface area contributed by atoms with E-state index in [4.69, 9.17) is 5.11 Å². The Hall–Kier alpha value is -0.980. The van der Waals surface area contributed by atoms with E-state index in [0.29, 0.717) is 0 Å². The van der Waals surface area contributed by atoms with Crippen molar-refractivity contribution in [2.45, 2.75) is 52.2 Å². The molecule has 0 aliphatic rings. The van der Waals surface area contributed by atoms with Crippen LogP contribution in [-0.4, -0.2) is 19.6 Å². The van der Waals surface area contributed by atoms with Crippen LogP contribution in [0.15, 0.2) is 17.0 Å². The fraction of sp³-hybridized carbons (Fsp3) is 0.571. The van der Waals surface area contributed by atoms with Crippen molar-refractivity contribution < 1.29 is 17.9 Å². The Morgan fingerprint density at radius 1 is 1.35 bits per heavy atom. The third-order valence-electron chi connectivity index (χ3n) is 3.46. The van der Waals surface area contributed by atoms with E-state index >= 15 is 0 Å². The van der Waals surface area contributed by atoms with Crippen LogP contribution in [0.4, 0.5) is 4.39 Å². The van der Waals surface area contributed by atoms with Crippen LogP contribution < -0.4 is 4.72 Å². The van der Waals surface area contributed by atoms with Gasteiger partial charge < -0.3 is 5.11 Å². The molecule has 0 radical (unpaired) electrons. The van der Waals surface area contributed by atoms with Crippen LogP contribution in [0.2, 0.25) is 0 Å². The van der Waals surface area contributed by atoms with Gasteiger partial charge in [-0.15, -0.1) is 0 Å². The maximum absolute atomic E-state index is 13.7. The highest BCUT2D eigenvalue weighted by Gasteiger charge is 2.27. The van der Waals surface area contributed by atoms with Gasteiger partial charge in [0.2, 0.25) is 10.0 Å². The summed E-state index contributed by atoms with van der Waals surface area (Å²) in [5, 5.41) is 9.07. The Morgan fingerprint density at radius 2 is 1.90 bits per heavy atom. The molecule has 0 aliphatic heterocycles. The van der Waals surface area contributed by atoms with Crippen molar-refractivity contribution >= 4 is 10.0 Å². The molecule has 0 spiro atoms. The highest BCUT2D eigenvalue weighted by Crippen LogP contribution is 2.24. The number of sulfonamides is 1. The summed E-state index contributed by atoms with van der Waals surface area (Å²) < 4.78 is 41.0. The van der Waals surface area contributed by atoms with Crippen LogP contribution >= 0.6 is 0 Å². The van der Waals surface area contributed by atoms with Crippen molar-refractivity contribution in [3.05, 3.63) is 29.1 Å². The molecule has 2 N–H and O–H groups in total. The molecular weight excluding hydrogens is 281 g/mol. The molecule has 1 rings (SSSR count). The van der Waals surface area contributed by atoms with Crippen molar-refractivity contribution in [3.63, 3.8) is 0 Å². The molecule has 0 fully saturated rings. The van der Waals surface area contributed by atoms with Gasteiger partial charge in [0.05, 0.1) is 11.5 Å². The van der Waals surface area contributed by atoms with Crippen molar-refractivity contribution in [3.8, 4) is 0 Å². The van der Waals surface area contributed by atoms with Crippen molar-refractivity contribution in [1.29, 1.82) is 0 Å². The lowest BCUT2D eigenvalue weighted by atomic mass is 9.89. The smallest absolute Gasteiger partial charge is 0.241 e. The summed E-state index contributed by atoms with van der Waals surface area (Å²) in [6, 6.07) is 2.13. The quantitative estimate of drug-likeness (QED) is 0.897. The van der Waals surface area contributed by atoms with Gasteiger partial charge in [-0.05, 0) is 37.0 Å². The monoisotopic (exact) mass is 303 g/mol. The summed E-state index contributed by atoms with van der Waals surface area (Å²) in [4.78, 5) is -0.127. The molecule has 1 unspecified atom stereocenters. The zero-order valence-electron chi connectivity index (χ0n) is 12.5. The lowest BCUT2D eigenvalue weighted by Crippen LogP contribution is -2.41. The lowest BCUT2D eigenvalue weighted by Gasteiger charge is -2.28. The van der Waals surface area contributed by atoms with E-state index in [-0.39, 0.29) is 27.5 Å². The largest absolute Gasteiger partial charge is 0.392 e. The third kappa shape index (κ3) is 3.77. The van der Waals surface area contributed by atoms with Crippen LogP contribution in [0.3, 0.4) is 0 Å². The Balaban J connectivity index is 3.26. The molecule has 0 heterocycles. The van der Waals surface area contributed by atoms with E-state index in [9.17, 15) is 12.8 Å². The number of halogens is 1. The summed E-state index contributed by atoms with van der Waals surface area (Å²) in [6.45, 7) is 8.51. The van der Waals surface area contributed by atoms with Gasteiger partial charge in [-0.1, -0.05) is 20.8 Å². The molecule has 1 atom stereocenters. The van der Waals surface area contributed by atoms with Gasteiger partial charge in [0, 0.05) is 11.6 Å². The van der Waals surface area contributed by atoms with Gasteiger partial charge in [0.15, 0.2) is 0 Å². The first-order valence-corrected chi connectivity index (χ1v) is 7.89. The number of hydrogen-bond donors (Lipinski definition) is 2. The number of benzene rings is 1. The molecule has 0 bridgehead atoms. The predicted molar refractivity (Wildman–Crippen MR) is 76.3 cm³/mol. The van der Waals surface area contributed by atoms with Crippen LogP contribution in [0.5, 0.6) is 0 Å². The number of aliphatic hydroxyl groups is 1. The minimum atomic E-state index is -3.83. The van der Waals surface area contributed by atoms with Crippen LogP contribution in [0, 0.1) is 18.2 Å². The fourth-order valence-corrected chi connectivity index (χ4v) is 3.30. The summed E-state index contributed by atoms with van der Waals surface area (Å²) in [6.07, 6.45) is 0. The van der Waals surface area contributed by atoms with E-state index in [0.717, 1.165) is 6.07 Å². The molecule has 114 valence electrons. The second kappa shape index (κ2) is 5.79. The zero-order valence-corrected chi connectivity index (χ0v) is 13.3. The molecular formula is C14H22FNO3S. The van der Waals surface area contributed by atoms with Gasteiger partial charge in [-0.25, -0.2) is 17.5 Å². The van der Waals surface area contributed by atoms with E-state index < -0.39 is 22.4 Å². The van der Waals surface area contributed by atoms with Crippen LogP contribution in [-0.2, 0) is 16.6 Å². The molecule has 4 nitrogen and oxygen atoms in total. The first kappa shape index (κ1) is 17.1. The number of hydrogen-bond acceptors (Lipinski definition) is 3. The van der Waals surface area contributed by atoms with Crippen LogP contribution in [0.1, 0.15) is 38.8 Å². The molecule has 0 aliphatic carbocycles. The zero-order chi connectivity index (χ0) is 15.7. The summed E-state index contributed by atoms with van der Waals surface area (Å²) in [5.74, 6) is -0.639. The van der Waals surface area contributed by atoms with Gasteiger partial charge in [-0.2, -0.15) is 0 Å². The SMILES string of the molecule is Cc1c(F)cc(CO)cc1S(=O)(=O)NC(C)C(C)(C)C. The second-order valence-electron chi connectivity index (χ2n) is 6.07. The number of aliphatic hydroxyl groups excluding tert-OH is 1. The summed E-state index contributed by atoms with van der Waals surface area (Å²) >= 11 is 0. The van der Waals surface area contributed by atoms with Crippen LogP contribution in [0.25, 0.3) is 0 Å². The molecule has 1 aromatic carbocycles. The van der Waals surface area contributed by atoms with E-state index in [1.54, 1.807) is 6.92 Å². The standard InChI is InChI=1S/C14H22FNO3S/c1-9-12(15)6-11(8-17)7-13(9)20(18,19)16-10(2)14(3,4)5/h6-7,10,16-17H,8H2,1-5H3. The summed E-state index contributed by atoms with van der Waals surface area (Å²) in [7, 11) is -3.83. The van der Waals surface area contributed by atoms with Gasteiger partial charge >= 0.3 is 0 Å². The molecule has 0 saturated heterocycles. The van der Waals surface area contributed by atoms with Gasteiger partial charge in [-0.3, -0.25) is 0 Å². The Bertz CT molecular complexity index is 591. The van der Waals surface area contributed by atoms with Crippen molar-refractivity contribution in [2.75, 3.05) is 0 Å². The first-order chi connectivity index (χ1) is 8.99. The number of nitrogens with one attached hydrogen (secondary N) is 1. The number of rotatable bonds is 4. The minimum absolute atomic E-state index is 0.0517. The topological polar surface area (TPSA) is 66.4 Å². The maximum Gasteiger partial charge on any atom is 0.241 e. The average molecular weight is 303 g/mol. The van der Waals surface area contributed by atoms with Crippen molar-refractivity contribution in [2.24, 2.45) is 5.41 Å².